The molecular formula is C24H19Cl2IN2O3. The van der Waals surface area contributed by atoms with Gasteiger partial charge in [0, 0.05) is 39.4 Å². The second kappa shape index (κ2) is 9.77. The molecule has 1 saturated carbocycles. The van der Waals surface area contributed by atoms with Crippen molar-refractivity contribution in [2.45, 2.75) is 25.7 Å². The number of benzene rings is 2. The second-order valence-corrected chi connectivity index (χ2v) is 9.67. The maximum Gasteiger partial charge on any atom is 0.255 e. The molecule has 1 aliphatic carbocycles. The van der Waals surface area contributed by atoms with Crippen LogP contribution < -0.4 is 10.9 Å². The van der Waals surface area contributed by atoms with Crippen molar-refractivity contribution in [3.63, 3.8) is 0 Å². The molecule has 0 atom stereocenters. The average molecular weight is 581 g/mol. The fourth-order valence-corrected chi connectivity index (χ4v) is 4.56. The van der Waals surface area contributed by atoms with Gasteiger partial charge in [-0.15, -0.1) is 0 Å². The van der Waals surface area contributed by atoms with Crippen LogP contribution in [0.4, 0.5) is 5.69 Å². The van der Waals surface area contributed by atoms with E-state index in [2.05, 4.69) is 27.9 Å². The first-order valence-electron chi connectivity index (χ1n) is 10.1. The molecule has 164 valence electrons. The third kappa shape index (κ3) is 5.24. The van der Waals surface area contributed by atoms with Gasteiger partial charge >= 0.3 is 0 Å². The van der Waals surface area contributed by atoms with E-state index in [-0.39, 0.29) is 29.6 Å². The third-order valence-corrected chi connectivity index (χ3v) is 6.96. The van der Waals surface area contributed by atoms with Crippen LogP contribution in [0.5, 0.6) is 0 Å². The van der Waals surface area contributed by atoms with Crippen molar-refractivity contribution in [2.24, 2.45) is 5.92 Å². The number of ketones is 1. The molecule has 2 aromatic carbocycles. The number of nitrogens with zero attached hydrogens (tertiary/aromatic N) is 1. The van der Waals surface area contributed by atoms with E-state index < -0.39 is 0 Å². The molecule has 5 nitrogen and oxygen atoms in total. The quantitative estimate of drug-likeness (QED) is 0.279. The summed E-state index contributed by atoms with van der Waals surface area (Å²) in [4.78, 5) is 37.3. The Hall–Kier alpha value is -2.16. The fourth-order valence-electron chi connectivity index (χ4n) is 3.37. The summed E-state index contributed by atoms with van der Waals surface area (Å²) in [6.45, 7) is 0. The van der Waals surface area contributed by atoms with E-state index in [0.717, 1.165) is 27.7 Å². The lowest BCUT2D eigenvalue weighted by atomic mass is 10.0. The molecule has 0 spiro atoms. The molecule has 1 amide bonds. The van der Waals surface area contributed by atoms with Crippen molar-refractivity contribution in [1.29, 1.82) is 0 Å². The molecule has 1 N–H and O–H groups in total. The van der Waals surface area contributed by atoms with Gasteiger partial charge in [0.2, 0.25) is 5.91 Å². The number of nitrogens with one attached hydrogen (secondary N) is 1. The minimum absolute atomic E-state index is 0.0497. The predicted octanol–water partition coefficient (Wildman–Crippen LogP) is 5.91. The molecule has 0 aliphatic heterocycles. The maximum atomic E-state index is 12.9. The number of halogens is 3. The molecular weight excluding hydrogens is 562 g/mol. The van der Waals surface area contributed by atoms with E-state index in [1.807, 2.05) is 18.2 Å². The van der Waals surface area contributed by atoms with Crippen LogP contribution >= 0.6 is 45.8 Å². The molecule has 0 unspecified atom stereocenters. The zero-order valence-electron chi connectivity index (χ0n) is 16.9. The Labute approximate surface area is 208 Å². The summed E-state index contributed by atoms with van der Waals surface area (Å²) in [5.41, 5.74) is 2.14. The number of pyridine rings is 1. The minimum Gasteiger partial charge on any atom is -0.326 e. The van der Waals surface area contributed by atoms with Gasteiger partial charge in [0.15, 0.2) is 5.78 Å². The highest BCUT2D eigenvalue weighted by Gasteiger charge is 2.29. The van der Waals surface area contributed by atoms with Gasteiger partial charge in [-0.1, -0.05) is 29.3 Å². The van der Waals surface area contributed by atoms with Crippen LogP contribution in [-0.2, 0) is 11.2 Å². The fraction of sp³-hybridized carbons (Fsp3) is 0.208. The highest BCUT2D eigenvalue weighted by molar-refractivity contribution is 14.1. The van der Waals surface area contributed by atoms with Gasteiger partial charge in [0.05, 0.1) is 15.7 Å². The number of hydrogen-bond acceptors (Lipinski definition) is 3. The normalized spacial score (nSPS) is 13.1. The lowest BCUT2D eigenvalue weighted by molar-refractivity contribution is -0.117. The summed E-state index contributed by atoms with van der Waals surface area (Å²) in [6, 6.07) is 13.5. The summed E-state index contributed by atoms with van der Waals surface area (Å²) in [5, 5.41) is 3.59. The van der Waals surface area contributed by atoms with Crippen molar-refractivity contribution >= 4 is 63.2 Å². The Morgan fingerprint density at radius 1 is 1.06 bits per heavy atom. The molecule has 3 aromatic rings. The van der Waals surface area contributed by atoms with Gasteiger partial charge in [0.1, 0.15) is 0 Å². The van der Waals surface area contributed by atoms with Crippen molar-refractivity contribution in [3.05, 3.63) is 89.8 Å². The van der Waals surface area contributed by atoms with Crippen LogP contribution in [0.3, 0.4) is 0 Å². The molecule has 1 aromatic heterocycles. The number of anilines is 1. The van der Waals surface area contributed by atoms with Crippen molar-refractivity contribution < 1.29 is 9.59 Å². The highest BCUT2D eigenvalue weighted by atomic mass is 127. The predicted molar refractivity (Wildman–Crippen MR) is 135 cm³/mol. The van der Waals surface area contributed by atoms with Gasteiger partial charge < -0.3 is 5.32 Å². The number of carbonyl (C=O) groups excluding carboxylic acids is 2. The molecule has 1 fully saturated rings. The molecule has 0 bridgehead atoms. The number of Topliss-reactive ketones (excluding diaryl/α,β-unsaturated/α-hetero) is 1. The number of amides is 1. The standard InChI is InChI=1S/C24H19Cl2IN2O3/c25-18-2-1-3-19(26)23(18)29-13-16(7-11-22(29)31)21(30)10-6-15-12-17(8-9-20(15)27)28-24(32)14-4-5-14/h1-3,7-9,11-14H,4-6,10H2,(H,28,32). The molecule has 4 rings (SSSR count). The Bertz CT molecular complexity index is 1250. The summed E-state index contributed by atoms with van der Waals surface area (Å²) in [6.07, 6.45) is 4.13. The largest absolute Gasteiger partial charge is 0.326 e. The van der Waals surface area contributed by atoms with Gasteiger partial charge in [-0.05, 0) is 83.8 Å². The number of hydrogen-bond donors (Lipinski definition) is 1. The van der Waals surface area contributed by atoms with Crippen LogP contribution in [-0.4, -0.2) is 16.3 Å². The molecule has 0 radical (unpaired) electrons. The summed E-state index contributed by atoms with van der Waals surface area (Å²) < 4.78 is 2.32. The number of para-hydroxylation sites is 1. The first-order valence-corrected chi connectivity index (χ1v) is 12.0. The van der Waals surface area contributed by atoms with Crippen molar-refractivity contribution in [1.82, 2.24) is 4.57 Å². The smallest absolute Gasteiger partial charge is 0.255 e. The third-order valence-electron chi connectivity index (χ3n) is 5.29. The summed E-state index contributed by atoms with van der Waals surface area (Å²) >= 11 is 14.7. The van der Waals surface area contributed by atoms with Gasteiger partial charge in [-0.3, -0.25) is 19.0 Å². The number of aromatic nitrogens is 1. The first-order chi connectivity index (χ1) is 15.3. The lowest BCUT2D eigenvalue weighted by Gasteiger charge is -2.12. The Balaban J connectivity index is 1.51. The molecule has 0 saturated heterocycles. The van der Waals surface area contributed by atoms with E-state index in [1.165, 1.54) is 22.9 Å². The van der Waals surface area contributed by atoms with Crippen LogP contribution in [0.2, 0.25) is 10.0 Å². The summed E-state index contributed by atoms with van der Waals surface area (Å²) in [5.74, 6) is 0.0699. The van der Waals surface area contributed by atoms with Crippen LogP contribution in [0.25, 0.3) is 5.69 Å². The molecule has 8 heteroatoms. The van der Waals surface area contributed by atoms with Crippen molar-refractivity contribution in [2.75, 3.05) is 5.32 Å². The van der Waals surface area contributed by atoms with Crippen molar-refractivity contribution in [3.8, 4) is 5.69 Å². The number of aryl methyl sites for hydroxylation is 1. The highest BCUT2D eigenvalue weighted by Crippen LogP contribution is 2.31. The zero-order valence-corrected chi connectivity index (χ0v) is 20.6. The zero-order chi connectivity index (χ0) is 22.8. The Morgan fingerprint density at radius 2 is 1.78 bits per heavy atom. The number of rotatable bonds is 7. The molecule has 1 aliphatic rings. The molecule has 1 heterocycles. The van der Waals surface area contributed by atoms with Crippen LogP contribution in [0, 0.1) is 9.49 Å². The topological polar surface area (TPSA) is 68.2 Å². The lowest BCUT2D eigenvalue weighted by Crippen LogP contribution is -2.19. The van der Waals surface area contributed by atoms with Gasteiger partial charge in [-0.25, -0.2) is 0 Å². The van der Waals surface area contributed by atoms with Gasteiger partial charge in [0.25, 0.3) is 5.56 Å². The minimum atomic E-state index is -0.329. The van der Waals surface area contributed by atoms with E-state index in [0.29, 0.717) is 27.7 Å². The van der Waals surface area contributed by atoms with E-state index in [4.69, 9.17) is 23.2 Å². The van der Waals surface area contributed by atoms with Crippen LogP contribution in [0.15, 0.2) is 59.5 Å². The monoisotopic (exact) mass is 580 g/mol. The van der Waals surface area contributed by atoms with E-state index in [9.17, 15) is 14.4 Å². The molecule has 32 heavy (non-hydrogen) atoms. The second-order valence-electron chi connectivity index (χ2n) is 7.69. The van der Waals surface area contributed by atoms with Crippen LogP contribution in [0.1, 0.15) is 35.2 Å². The van der Waals surface area contributed by atoms with E-state index >= 15 is 0 Å². The van der Waals surface area contributed by atoms with E-state index in [1.54, 1.807) is 18.2 Å². The Morgan fingerprint density at radius 3 is 2.47 bits per heavy atom. The average Bonchev–Trinajstić information content (AvgIpc) is 3.60. The maximum absolute atomic E-state index is 12.9. The van der Waals surface area contributed by atoms with Gasteiger partial charge in [-0.2, -0.15) is 0 Å². The first kappa shape index (κ1) is 23.0. The number of carbonyl (C=O) groups is 2. The summed E-state index contributed by atoms with van der Waals surface area (Å²) in [7, 11) is 0. The Kier molecular flexibility index (Phi) is 7.02. The SMILES string of the molecule is O=C(CCc1cc(NC(=O)C2CC2)ccc1I)c1ccc(=O)n(-c2c(Cl)cccc2Cl)c1.